The van der Waals surface area contributed by atoms with Gasteiger partial charge < -0.3 is 20.7 Å². The van der Waals surface area contributed by atoms with Crippen molar-refractivity contribution in [2.45, 2.75) is 70.7 Å². The first-order chi connectivity index (χ1) is 12.2. The number of nitrogens with zero attached hydrogens (tertiary/aromatic N) is 2. The summed E-state index contributed by atoms with van der Waals surface area (Å²) >= 11 is 0. The summed E-state index contributed by atoms with van der Waals surface area (Å²) in [6, 6.07) is 0.228. The van der Waals surface area contributed by atoms with Crippen LogP contribution in [0, 0.1) is 5.41 Å². The monoisotopic (exact) mass is 438 g/mol. The minimum Gasteiger partial charge on any atom is -0.378 e. The first-order valence-electron chi connectivity index (χ1n) is 9.95. The number of hydrogen-bond donors (Lipinski definition) is 2. The maximum absolute atomic E-state index is 13.1. The van der Waals surface area contributed by atoms with E-state index in [2.05, 4.69) is 10.2 Å². The molecule has 1 aliphatic heterocycles. The Morgan fingerprint density at radius 1 is 1.18 bits per heavy atom. The molecule has 0 bridgehead atoms. The summed E-state index contributed by atoms with van der Waals surface area (Å²) in [5, 5.41) is 3.06. The molecule has 7 nitrogen and oxygen atoms in total. The van der Waals surface area contributed by atoms with Crippen LogP contribution in [0.15, 0.2) is 0 Å². The summed E-state index contributed by atoms with van der Waals surface area (Å²) in [6.45, 7) is 11.2. The predicted molar refractivity (Wildman–Crippen MR) is 114 cm³/mol. The van der Waals surface area contributed by atoms with Gasteiger partial charge in [0.15, 0.2) is 0 Å². The van der Waals surface area contributed by atoms with Gasteiger partial charge in [-0.3, -0.25) is 14.5 Å². The van der Waals surface area contributed by atoms with Crippen LogP contribution in [0.5, 0.6) is 0 Å². The quantitative estimate of drug-likeness (QED) is 0.649. The average Bonchev–Trinajstić information content (AvgIpc) is 3.44. The largest absolute Gasteiger partial charge is 0.378 e. The zero-order chi connectivity index (χ0) is 19.1. The molecule has 2 aliphatic carbocycles. The highest BCUT2D eigenvalue weighted by Gasteiger charge is 2.63. The molecule has 2 saturated carbocycles. The second kappa shape index (κ2) is 9.47. The average molecular weight is 439 g/mol. The van der Waals surface area contributed by atoms with Crippen molar-refractivity contribution in [2.75, 3.05) is 32.8 Å². The van der Waals surface area contributed by atoms with Crippen molar-refractivity contribution < 1.29 is 14.3 Å². The number of nitrogens with one attached hydrogen (secondary N) is 1. The maximum atomic E-state index is 13.1. The normalized spacial score (nSPS) is 30.3. The van der Waals surface area contributed by atoms with Gasteiger partial charge in [0.2, 0.25) is 11.8 Å². The van der Waals surface area contributed by atoms with Gasteiger partial charge in [0.25, 0.3) is 0 Å². The van der Waals surface area contributed by atoms with E-state index in [-0.39, 0.29) is 54.2 Å². The van der Waals surface area contributed by atoms with E-state index in [0.717, 1.165) is 12.8 Å². The molecule has 0 aromatic heterocycles. The zero-order valence-electron chi connectivity index (χ0n) is 17.4. The van der Waals surface area contributed by atoms with Crippen LogP contribution in [-0.2, 0) is 14.3 Å². The van der Waals surface area contributed by atoms with E-state index in [1.165, 1.54) is 0 Å². The molecular formula is C19H36Cl2N4O3. The Hall–Kier alpha value is -0.600. The van der Waals surface area contributed by atoms with E-state index in [1.54, 1.807) is 0 Å². The lowest BCUT2D eigenvalue weighted by Gasteiger charge is -2.59. The maximum Gasteiger partial charge on any atom is 0.243 e. The van der Waals surface area contributed by atoms with E-state index in [0.29, 0.717) is 45.2 Å². The number of carbonyl (C=O) groups is 2. The van der Waals surface area contributed by atoms with Crippen molar-refractivity contribution >= 4 is 36.6 Å². The number of hydrogen-bond acceptors (Lipinski definition) is 5. The molecule has 9 heteroatoms. The second-order valence-corrected chi connectivity index (χ2v) is 8.63. The number of nitrogens with two attached hydrogens (primary N) is 1. The van der Waals surface area contributed by atoms with E-state index in [1.807, 2.05) is 32.6 Å². The molecule has 2 amide bonds. The van der Waals surface area contributed by atoms with E-state index in [4.69, 9.17) is 10.5 Å². The van der Waals surface area contributed by atoms with Crippen LogP contribution < -0.4 is 11.1 Å². The number of halogens is 2. The lowest BCUT2D eigenvalue weighted by Crippen LogP contribution is -2.76. The number of ether oxygens (including phenoxy) is 1. The molecule has 1 saturated heterocycles. The smallest absolute Gasteiger partial charge is 0.243 e. The van der Waals surface area contributed by atoms with Crippen molar-refractivity contribution in [1.82, 2.24) is 15.1 Å². The highest BCUT2D eigenvalue weighted by Crippen LogP contribution is 2.50. The lowest BCUT2D eigenvalue weighted by molar-refractivity contribution is -0.180. The van der Waals surface area contributed by atoms with Gasteiger partial charge in [-0.15, -0.1) is 24.8 Å². The summed E-state index contributed by atoms with van der Waals surface area (Å²) in [4.78, 5) is 29.3. The molecular weight excluding hydrogens is 403 g/mol. The number of carbonyl (C=O) groups excluding carboxylic acids is 2. The van der Waals surface area contributed by atoms with Crippen LogP contribution in [0.25, 0.3) is 0 Å². The fraction of sp³-hybridized carbons (Fsp3) is 0.895. The number of amides is 2. The molecule has 3 atom stereocenters. The third kappa shape index (κ3) is 4.59. The Balaban J connectivity index is 0.00000196. The highest BCUT2D eigenvalue weighted by molar-refractivity contribution is 5.89. The summed E-state index contributed by atoms with van der Waals surface area (Å²) in [5.74, 6) is 0.121. The van der Waals surface area contributed by atoms with Crippen LogP contribution >= 0.6 is 24.8 Å². The fourth-order valence-corrected chi connectivity index (χ4v) is 4.11. The topological polar surface area (TPSA) is 87.9 Å². The van der Waals surface area contributed by atoms with Crippen LogP contribution in [0.3, 0.4) is 0 Å². The van der Waals surface area contributed by atoms with Gasteiger partial charge in [0.05, 0.1) is 12.1 Å². The molecule has 3 aliphatic rings. The molecule has 28 heavy (non-hydrogen) atoms. The summed E-state index contributed by atoms with van der Waals surface area (Å²) in [5.41, 5.74) is 5.31. The molecule has 3 fully saturated rings. The summed E-state index contributed by atoms with van der Waals surface area (Å²) in [7, 11) is 0. The van der Waals surface area contributed by atoms with Crippen LogP contribution in [-0.4, -0.2) is 78.1 Å². The van der Waals surface area contributed by atoms with Gasteiger partial charge in [-0.1, -0.05) is 13.8 Å². The van der Waals surface area contributed by atoms with Gasteiger partial charge in [0, 0.05) is 50.7 Å². The Morgan fingerprint density at radius 3 is 2.21 bits per heavy atom. The molecule has 0 aromatic carbocycles. The molecule has 3 rings (SSSR count). The summed E-state index contributed by atoms with van der Waals surface area (Å²) < 4.78 is 5.73. The molecule has 0 radical (unpaired) electrons. The predicted octanol–water partition coefficient (Wildman–Crippen LogP) is 1.17. The lowest BCUT2D eigenvalue weighted by atomic mass is 9.54. The van der Waals surface area contributed by atoms with Crippen LogP contribution in [0.1, 0.15) is 47.0 Å². The van der Waals surface area contributed by atoms with Gasteiger partial charge in [-0.05, 0) is 26.7 Å². The van der Waals surface area contributed by atoms with E-state index in [9.17, 15) is 9.59 Å². The highest BCUT2D eigenvalue weighted by atomic mass is 35.5. The Bertz CT molecular complexity index is 565. The van der Waals surface area contributed by atoms with Crippen molar-refractivity contribution in [3.63, 3.8) is 0 Å². The third-order valence-corrected chi connectivity index (χ3v) is 6.66. The number of rotatable bonds is 6. The van der Waals surface area contributed by atoms with Crippen molar-refractivity contribution in [3.8, 4) is 0 Å². The van der Waals surface area contributed by atoms with Crippen molar-refractivity contribution in [1.29, 1.82) is 0 Å². The fourth-order valence-electron chi connectivity index (χ4n) is 4.11. The Labute approximate surface area is 180 Å². The van der Waals surface area contributed by atoms with E-state index >= 15 is 0 Å². The van der Waals surface area contributed by atoms with Crippen molar-refractivity contribution in [3.05, 3.63) is 0 Å². The van der Waals surface area contributed by atoms with Crippen LogP contribution in [0.4, 0.5) is 0 Å². The Morgan fingerprint density at radius 2 is 1.75 bits per heavy atom. The van der Waals surface area contributed by atoms with Gasteiger partial charge in [0.1, 0.15) is 5.54 Å². The molecule has 3 unspecified atom stereocenters. The van der Waals surface area contributed by atoms with Crippen molar-refractivity contribution in [2.24, 2.45) is 11.1 Å². The third-order valence-electron chi connectivity index (χ3n) is 6.66. The van der Waals surface area contributed by atoms with Crippen LogP contribution in [0.2, 0.25) is 0 Å². The first-order valence-corrected chi connectivity index (χ1v) is 9.95. The standard InChI is InChI=1S/C19H34N4O3.2ClH/c1-5-26-15-12-19(20,18(15,3)4)17(25)23-10-8-22(9-11-23)13(2)16(24)21-14-6-7-14;;/h13-15H,5-12,20H2,1-4H3,(H,21,24);2*1H. The SMILES string of the molecule is CCOC1CC(N)(C(=O)N2CCN(C(C)C(=O)NC3CC3)CC2)C1(C)C.Cl.Cl. The minimum atomic E-state index is -0.857. The molecule has 164 valence electrons. The zero-order valence-corrected chi connectivity index (χ0v) is 19.0. The van der Waals surface area contributed by atoms with Gasteiger partial charge >= 0.3 is 0 Å². The molecule has 3 N–H and O–H groups in total. The first kappa shape index (κ1) is 25.4. The minimum absolute atomic E-state index is 0. The molecule has 0 aromatic rings. The number of piperazine rings is 1. The van der Waals surface area contributed by atoms with Gasteiger partial charge in [-0.25, -0.2) is 0 Å². The summed E-state index contributed by atoms with van der Waals surface area (Å²) in [6.07, 6.45) is 2.80. The molecule has 0 spiro atoms. The van der Waals surface area contributed by atoms with E-state index < -0.39 is 5.54 Å². The Kier molecular flexibility index (Phi) is 8.61. The van der Waals surface area contributed by atoms with Gasteiger partial charge in [-0.2, -0.15) is 0 Å². The second-order valence-electron chi connectivity index (χ2n) is 8.63. The molecule has 1 heterocycles.